The summed E-state index contributed by atoms with van der Waals surface area (Å²) in [6, 6.07) is 8.22. The second kappa shape index (κ2) is 6.27. The summed E-state index contributed by atoms with van der Waals surface area (Å²) in [7, 11) is 0. The van der Waals surface area contributed by atoms with Gasteiger partial charge in [-0.25, -0.2) is 0 Å². The van der Waals surface area contributed by atoms with Gasteiger partial charge in [-0.3, -0.25) is 0 Å². The molecule has 1 N–H and O–H groups in total. The fraction of sp³-hybridized carbons (Fsp3) is 0.562. The predicted octanol–water partition coefficient (Wildman–Crippen LogP) is 3.03. The van der Waals surface area contributed by atoms with Crippen molar-refractivity contribution in [1.82, 2.24) is 0 Å². The summed E-state index contributed by atoms with van der Waals surface area (Å²) in [5, 5.41) is 12.7. The molecule has 0 amide bonds. The van der Waals surface area contributed by atoms with Crippen LogP contribution in [-0.2, 0) is 4.74 Å². The van der Waals surface area contributed by atoms with Crippen LogP contribution in [-0.4, -0.2) is 36.7 Å². The van der Waals surface area contributed by atoms with Crippen molar-refractivity contribution in [3.8, 4) is 0 Å². The second-order valence-corrected chi connectivity index (χ2v) is 5.60. The van der Waals surface area contributed by atoms with Crippen LogP contribution < -0.4 is 4.90 Å². The first-order valence-electron chi connectivity index (χ1n) is 7.55. The molecule has 0 aliphatic carbocycles. The molecular weight excluding hydrogens is 252 g/mol. The van der Waals surface area contributed by atoms with Crippen molar-refractivity contribution in [3.05, 3.63) is 29.8 Å². The number of fused-ring (bicyclic) bond motifs is 1. The normalized spacial score (nSPS) is 25.3. The van der Waals surface area contributed by atoms with Gasteiger partial charge in [0.05, 0.1) is 11.8 Å². The van der Waals surface area contributed by atoms with E-state index in [-0.39, 0.29) is 0 Å². The molecule has 108 valence electrons. The maximum absolute atomic E-state index is 9.22. The van der Waals surface area contributed by atoms with E-state index in [0.717, 1.165) is 50.2 Å². The highest BCUT2D eigenvalue weighted by molar-refractivity contribution is 6.05. The number of benzene rings is 1. The van der Waals surface area contributed by atoms with Crippen LogP contribution in [0.25, 0.3) is 0 Å². The number of oxime groups is 1. The average molecular weight is 274 g/mol. The molecular formula is C16H22N2O2. The van der Waals surface area contributed by atoms with Crippen LogP contribution in [0.3, 0.4) is 0 Å². The van der Waals surface area contributed by atoms with Crippen molar-refractivity contribution < 1.29 is 9.94 Å². The molecule has 0 bridgehead atoms. The van der Waals surface area contributed by atoms with E-state index in [2.05, 4.69) is 16.1 Å². The van der Waals surface area contributed by atoms with E-state index < -0.39 is 0 Å². The zero-order valence-electron chi connectivity index (χ0n) is 11.8. The summed E-state index contributed by atoms with van der Waals surface area (Å²) in [6.45, 7) is 2.83. The van der Waals surface area contributed by atoms with Crippen LogP contribution in [0.4, 0.5) is 5.69 Å². The zero-order chi connectivity index (χ0) is 13.8. The third-order valence-electron chi connectivity index (χ3n) is 4.22. The van der Waals surface area contributed by atoms with E-state index in [4.69, 9.17) is 4.74 Å². The Morgan fingerprint density at radius 1 is 1.25 bits per heavy atom. The number of hydrogen-bond donors (Lipinski definition) is 1. The molecule has 1 unspecified atom stereocenters. The van der Waals surface area contributed by atoms with E-state index >= 15 is 0 Å². The number of para-hydroxylation sites is 1. The first-order chi connectivity index (χ1) is 9.88. The Bertz CT molecular complexity index is 481. The van der Waals surface area contributed by atoms with Crippen molar-refractivity contribution in [2.75, 3.05) is 24.6 Å². The fourth-order valence-electron chi connectivity index (χ4n) is 3.18. The van der Waals surface area contributed by atoms with Gasteiger partial charge in [-0.2, -0.15) is 0 Å². The van der Waals surface area contributed by atoms with Crippen molar-refractivity contribution in [2.45, 2.75) is 38.2 Å². The topological polar surface area (TPSA) is 45.1 Å². The Hall–Kier alpha value is -1.55. The molecule has 1 aromatic rings. The molecule has 0 spiro atoms. The summed E-state index contributed by atoms with van der Waals surface area (Å²) in [5.74, 6) is 0. The summed E-state index contributed by atoms with van der Waals surface area (Å²) >= 11 is 0. The summed E-state index contributed by atoms with van der Waals surface area (Å²) < 4.78 is 5.87. The Labute approximate surface area is 120 Å². The molecule has 20 heavy (non-hydrogen) atoms. The molecule has 2 aliphatic rings. The van der Waals surface area contributed by atoms with Crippen molar-refractivity contribution in [1.29, 1.82) is 0 Å². The monoisotopic (exact) mass is 274 g/mol. The minimum absolute atomic E-state index is 0.337. The molecule has 1 fully saturated rings. The van der Waals surface area contributed by atoms with E-state index in [1.54, 1.807) is 0 Å². The smallest absolute Gasteiger partial charge is 0.0889 e. The Kier molecular flexibility index (Phi) is 4.21. The van der Waals surface area contributed by atoms with Gasteiger partial charge in [0.2, 0.25) is 0 Å². The van der Waals surface area contributed by atoms with Crippen LogP contribution >= 0.6 is 0 Å². The Morgan fingerprint density at radius 2 is 2.15 bits per heavy atom. The number of ether oxygens (including phenoxy) is 1. The van der Waals surface area contributed by atoms with Gasteiger partial charge in [0.1, 0.15) is 0 Å². The number of hydrogen-bond acceptors (Lipinski definition) is 4. The fourth-order valence-corrected chi connectivity index (χ4v) is 3.18. The molecule has 2 aliphatic heterocycles. The van der Waals surface area contributed by atoms with Crippen LogP contribution in [0.2, 0.25) is 0 Å². The van der Waals surface area contributed by atoms with Crippen molar-refractivity contribution >= 4 is 11.4 Å². The molecule has 1 aromatic carbocycles. The SMILES string of the molecule is O/N=C1/CCCN(CC2CCCCO2)c2ccccc21. The lowest BCUT2D eigenvalue weighted by Gasteiger charge is -2.31. The molecule has 1 atom stereocenters. The van der Waals surface area contributed by atoms with Gasteiger partial charge in [0.25, 0.3) is 0 Å². The van der Waals surface area contributed by atoms with Crippen LogP contribution in [0.15, 0.2) is 29.4 Å². The number of rotatable bonds is 2. The van der Waals surface area contributed by atoms with Crippen LogP contribution in [0.1, 0.15) is 37.7 Å². The minimum Gasteiger partial charge on any atom is -0.411 e. The van der Waals surface area contributed by atoms with Crippen molar-refractivity contribution in [3.63, 3.8) is 0 Å². The molecule has 0 aromatic heterocycles. The van der Waals surface area contributed by atoms with Crippen LogP contribution in [0, 0.1) is 0 Å². The van der Waals surface area contributed by atoms with Gasteiger partial charge < -0.3 is 14.8 Å². The highest BCUT2D eigenvalue weighted by Gasteiger charge is 2.23. The average Bonchev–Trinajstić information content (AvgIpc) is 2.68. The van der Waals surface area contributed by atoms with Gasteiger partial charge in [-0.15, -0.1) is 0 Å². The predicted molar refractivity (Wildman–Crippen MR) is 79.8 cm³/mol. The van der Waals surface area contributed by atoms with Gasteiger partial charge in [-0.05, 0) is 38.2 Å². The number of nitrogens with zero attached hydrogens (tertiary/aromatic N) is 2. The highest BCUT2D eigenvalue weighted by Crippen LogP contribution is 2.28. The third-order valence-corrected chi connectivity index (χ3v) is 4.22. The largest absolute Gasteiger partial charge is 0.411 e. The van der Waals surface area contributed by atoms with Crippen molar-refractivity contribution in [2.24, 2.45) is 5.16 Å². The van der Waals surface area contributed by atoms with Gasteiger partial charge in [0.15, 0.2) is 0 Å². The molecule has 2 heterocycles. The first kappa shape index (κ1) is 13.4. The van der Waals surface area contributed by atoms with E-state index in [1.807, 2.05) is 18.2 Å². The van der Waals surface area contributed by atoms with E-state index in [9.17, 15) is 5.21 Å². The first-order valence-corrected chi connectivity index (χ1v) is 7.55. The maximum Gasteiger partial charge on any atom is 0.0889 e. The highest BCUT2D eigenvalue weighted by atomic mass is 16.5. The number of anilines is 1. The van der Waals surface area contributed by atoms with E-state index in [1.165, 1.54) is 18.5 Å². The molecule has 0 saturated carbocycles. The lowest BCUT2D eigenvalue weighted by Crippen LogP contribution is -2.36. The molecule has 0 radical (unpaired) electrons. The molecule has 4 nitrogen and oxygen atoms in total. The van der Waals surface area contributed by atoms with Gasteiger partial charge in [-0.1, -0.05) is 23.4 Å². The Morgan fingerprint density at radius 3 is 2.95 bits per heavy atom. The van der Waals surface area contributed by atoms with Gasteiger partial charge in [0, 0.05) is 30.9 Å². The quantitative estimate of drug-likeness (QED) is 0.666. The summed E-state index contributed by atoms with van der Waals surface area (Å²) in [4.78, 5) is 2.39. The standard InChI is InChI=1S/C16H22N2O2/c19-17-15-8-5-10-18(12-13-6-3-4-11-20-13)16-9-2-1-7-14(15)16/h1-2,7,9,13,19H,3-6,8,10-12H2/b17-15-. The lowest BCUT2D eigenvalue weighted by molar-refractivity contribution is 0.0210. The summed E-state index contributed by atoms with van der Waals surface area (Å²) in [5.41, 5.74) is 3.03. The molecule has 4 heteroatoms. The molecule has 1 saturated heterocycles. The minimum atomic E-state index is 0.337. The van der Waals surface area contributed by atoms with E-state index in [0.29, 0.717) is 6.10 Å². The van der Waals surface area contributed by atoms with Crippen LogP contribution in [0.5, 0.6) is 0 Å². The second-order valence-electron chi connectivity index (χ2n) is 5.60. The third kappa shape index (κ3) is 2.80. The summed E-state index contributed by atoms with van der Waals surface area (Å²) in [6.07, 6.45) is 5.79. The maximum atomic E-state index is 9.22. The lowest BCUT2D eigenvalue weighted by atomic mass is 10.0. The zero-order valence-corrected chi connectivity index (χ0v) is 11.8. The Balaban J connectivity index is 1.83. The molecule has 3 rings (SSSR count). The van der Waals surface area contributed by atoms with Gasteiger partial charge >= 0.3 is 0 Å².